The Morgan fingerprint density at radius 2 is 2.00 bits per heavy atom. The van der Waals surface area contributed by atoms with Crippen molar-refractivity contribution in [1.82, 2.24) is 4.98 Å². The van der Waals surface area contributed by atoms with Crippen molar-refractivity contribution < 1.29 is 4.79 Å². The average molecular weight is 296 g/mol. The van der Waals surface area contributed by atoms with Gasteiger partial charge in [0.2, 0.25) is 0 Å². The number of benzene rings is 1. The first-order valence-electron chi connectivity index (χ1n) is 5.46. The van der Waals surface area contributed by atoms with Crippen LogP contribution in [0.15, 0.2) is 30.5 Å². The molecule has 0 radical (unpaired) electrons. The number of carbonyl (C=O) groups excluding carboxylic acids is 1. The second kappa shape index (κ2) is 5.47. The van der Waals surface area contributed by atoms with Gasteiger partial charge >= 0.3 is 0 Å². The minimum atomic E-state index is -0.323. The molecule has 1 aromatic heterocycles. The Hall–Kier alpha value is -1.78. The topological polar surface area (TPSA) is 68.0 Å². The fourth-order valence-corrected chi connectivity index (χ4v) is 1.96. The van der Waals surface area contributed by atoms with Crippen molar-refractivity contribution in [3.05, 3.63) is 51.6 Å². The monoisotopic (exact) mass is 295 g/mol. The van der Waals surface area contributed by atoms with Crippen LogP contribution in [0, 0.1) is 6.92 Å². The van der Waals surface area contributed by atoms with Crippen LogP contribution in [0.5, 0.6) is 0 Å². The summed E-state index contributed by atoms with van der Waals surface area (Å²) in [5, 5.41) is 3.65. The summed E-state index contributed by atoms with van der Waals surface area (Å²) < 4.78 is 0. The van der Waals surface area contributed by atoms with E-state index in [1.165, 1.54) is 12.3 Å². The molecule has 2 rings (SSSR count). The number of nitrogens with one attached hydrogen (secondary N) is 1. The van der Waals surface area contributed by atoms with Crippen molar-refractivity contribution in [1.29, 1.82) is 0 Å². The minimum absolute atomic E-state index is 0.278. The Kier molecular flexibility index (Phi) is 3.93. The van der Waals surface area contributed by atoms with Gasteiger partial charge in [-0.15, -0.1) is 0 Å². The van der Waals surface area contributed by atoms with Gasteiger partial charge in [0.1, 0.15) is 5.82 Å². The third kappa shape index (κ3) is 3.16. The summed E-state index contributed by atoms with van der Waals surface area (Å²) in [6, 6.07) is 6.36. The van der Waals surface area contributed by atoms with E-state index >= 15 is 0 Å². The summed E-state index contributed by atoms with van der Waals surface area (Å²) in [5.41, 5.74) is 7.23. The number of rotatable bonds is 2. The van der Waals surface area contributed by atoms with Gasteiger partial charge in [0.25, 0.3) is 5.91 Å². The lowest BCUT2D eigenvalue weighted by Crippen LogP contribution is -2.13. The number of nitrogens with zero attached hydrogens (tertiary/aromatic N) is 1. The van der Waals surface area contributed by atoms with E-state index < -0.39 is 0 Å². The number of aryl methyl sites for hydroxylation is 1. The first-order valence-corrected chi connectivity index (χ1v) is 6.21. The summed E-state index contributed by atoms with van der Waals surface area (Å²) in [6.45, 7) is 1.84. The Morgan fingerprint density at radius 3 is 2.68 bits per heavy atom. The van der Waals surface area contributed by atoms with E-state index in [0.717, 1.165) is 5.56 Å². The number of halogens is 2. The molecule has 3 N–H and O–H groups in total. The van der Waals surface area contributed by atoms with Crippen LogP contribution in [-0.4, -0.2) is 10.9 Å². The quantitative estimate of drug-likeness (QED) is 0.890. The predicted molar refractivity (Wildman–Crippen MR) is 77.8 cm³/mol. The summed E-state index contributed by atoms with van der Waals surface area (Å²) in [7, 11) is 0. The standard InChI is InChI=1S/C13H11Cl2N3O/c1-7-4-10(15)11(6-9(7)14)18-13(19)8-2-3-17-12(16)5-8/h2-6H,1H3,(H2,16,17)(H,18,19). The molecule has 1 aromatic carbocycles. The molecule has 0 fully saturated rings. The molecule has 0 aliphatic heterocycles. The number of aromatic nitrogens is 1. The van der Waals surface area contributed by atoms with Crippen molar-refractivity contribution >= 4 is 40.6 Å². The maximum Gasteiger partial charge on any atom is 0.255 e. The maximum absolute atomic E-state index is 12.0. The number of hydrogen-bond acceptors (Lipinski definition) is 3. The van der Waals surface area contributed by atoms with Gasteiger partial charge < -0.3 is 11.1 Å². The molecule has 0 aliphatic rings. The van der Waals surface area contributed by atoms with Gasteiger partial charge in [-0.3, -0.25) is 4.79 Å². The van der Waals surface area contributed by atoms with Gasteiger partial charge in [0.05, 0.1) is 10.7 Å². The SMILES string of the molecule is Cc1cc(Cl)c(NC(=O)c2ccnc(N)c2)cc1Cl. The summed E-state index contributed by atoms with van der Waals surface area (Å²) in [5.74, 6) is -0.0448. The van der Waals surface area contributed by atoms with Crippen molar-refractivity contribution in [2.75, 3.05) is 11.1 Å². The van der Waals surface area contributed by atoms with Crippen LogP contribution in [0.4, 0.5) is 11.5 Å². The van der Waals surface area contributed by atoms with E-state index in [1.54, 1.807) is 18.2 Å². The number of hydrogen-bond donors (Lipinski definition) is 2. The molecule has 4 nitrogen and oxygen atoms in total. The summed E-state index contributed by atoms with van der Waals surface area (Å²) >= 11 is 12.1. The molecule has 0 saturated heterocycles. The van der Waals surface area contributed by atoms with E-state index in [4.69, 9.17) is 28.9 Å². The van der Waals surface area contributed by atoms with Gasteiger partial charge in [0.15, 0.2) is 0 Å². The van der Waals surface area contributed by atoms with Gasteiger partial charge in [-0.1, -0.05) is 23.2 Å². The zero-order valence-corrected chi connectivity index (χ0v) is 11.6. The Labute approximate surface area is 120 Å². The summed E-state index contributed by atoms with van der Waals surface area (Å²) in [4.78, 5) is 15.8. The van der Waals surface area contributed by atoms with Gasteiger partial charge in [-0.05, 0) is 36.8 Å². The fraction of sp³-hybridized carbons (Fsp3) is 0.0769. The molecule has 6 heteroatoms. The van der Waals surface area contributed by atoms with Gasteiger partial charge in [-0.2, -0.15) is 0 Å². The van der Waals surface area contributed by atoms with Crippen LogP contribution in [0.1, 0.15) is 15.9 Å². The second-order valence-corrected chi connectivity index (χ2v) is 4.82. The lowest BCUT2D eigenvalue weighted by atomic mass is 10.2. The smallest absolute Gasteiger partial charge is 0.255 e. The average Bonchev–Trinajstić information content (AvgIpc) is 2.36. The number of amides is 1. The van der Waals surface area contributed by atoms with Crippen LogP contribution in [0.25, 0.3) is 0 Å². The number of carbonyl (C=O) groups is 1. The molecule has 0 bridgehead atoms. The van der Waals surface area contributed by atoms with Gasteiger partial charge in [-0.25, -0.2) is 4.98 Å². The highest BCUT2D eigenvalue weighted by Crippen LogP contribution is 2.29. The van der Waals surface area contributed by atoms with Crippen LogP contribution < -0.4 is 11.1 Å². The van der Waals surface area contributed by atoms with Gasteiger partial charge in [0, 0.05) is 16.8 Å². The van der Waals surface area contributed by atoms with E-state index in [2.05, 4.69) is 10.3 Å². The highest BCUT2D eigenvalue weighted by atomic mass is 35.5. The van der Waals surface area contributed by atoms with E-state index in [1.807, 2.05) is 6.92 Å². The zero-order chi connectivity index (χ0) is 14.0. The third-order valence-corrected chi connectivity index (χ3v) is 3.26. The lowest BCUT2D eigenvalue weighted by molar-refractivity contribution is 0.102. The number of anilines is 2. The van der Waals surface area contributed by atoms with Crippen LogP contribution in [-0.2, 0) is 0 Å². The Balaban J connectivity index is 2.27. The lowest BCUT2D eigenvalue weighted by Gasteiger charge is -2.09. The molecule has 0 atom stereocenters. The molecular weight excluding hydrogens is 285 g/mol. The predicted octanol–water partition coefficient (Wildman–Crippen LogP) is 3.53. The van der Waals surface area contributed by atoms with Crippen molar-refractivity contribution in [2.45, 2.75) is 6.92 Å². The molecule has 1 amide bonds. The van der Waals surface area contributed by atoms with Crippen LogP contribution >= 0.6 is 23.2 Å². The molecular formula is C13H11Cl2N3O. The number of pyridine rings is 1. The third-order valence-electron chi connectivity index (χ3n) is 2.54. The molecule has 0 unspecified atom stereocenters. The Morgan fingerprint density at radius 1 is 1.26 bits per heavy atom. The molecule has 19 heavy (non-hydrogen) atoms. The minimum Gasteiger partial charge on any atom is -0.384 e. The molecule has 0 aliphatic carbocycles. The summed E-state index contributed by atoms with van der Waals surface area (Å²) in [6.07, 6.45) is 1.47. The van der Waals surface area contributed by atoms with Crippen molar-refractivity contribution in [3.63, 3.8) is 0 Å². The van der Waals surface area contributed by atoms with Crippen molar-refractivity contribution in [2.24, 2.45) is 0 Å². The number of nitrogens with two attached hydrogens (primary N) is 1. The van der Waals surface area contributed by atoms with Crippen molar-refractivity contribution in [3.8, 4) is 0 Å². The molecule has 1 heterocycles. The largest absolute Gasteiger partial charge is 0.384 e. The first-order chi connectivity index (χ1) is 8.97. The Bertz CT molecular complexity index is 644. The van der Waals surface area contributed by atoms with Crippen LogP contribution in [0.3, 0.4) is 0 Å². The van der Waals surface area contributed by atoms with E-state index in [0.29, 0.717) is 21.3 Å². The fourth-order valence-electron chi connectivity index (χ4n) is 1.53. The second-order valence-electron chi connectivity index (χ2n) is 4.00. The normalized spacial score (nSPS) is 10.3. The molecule has 2 aromatic rings. The molecule has 0 saturated carbocycles. The number of nitrogen functional groups attached to an aromatic ring is 1. The van der Waals surface area contributed by atoms with E-state index in [-0.39, 0.29) is 11.7 Å². The maximum atomic E-state index is 12.0. The molecule has 98 valence electrons. The zero-order valence-electron chi connectivity index (χ0n) is 10.1. The highest BCUT2D eigenvalue weighted by Gasteiger charge is 2.10. The molecule has 0 spiro atoms. The first kappa shape index (κ1) is 13.6. The van der Waals surface area contributed by atoms with E-state index in [9.17, 15) is 4.79 Å². The van der Waals surface area contributed by atoms with Crippen LogP contribution in [0.2, 0.25) is 10.0 Å². The highest BCUT2D eigenvalue weighted by molar-refractivity contribution is 6.36.